The van der Waals surface area contributed by atoms with E-state index in [0.29, 0.717) is 28.1 Å². The number of cyclic esters (lactones) is 1. The first-order valence-corrected chi connectivity index (χ1v) is 12.5. The number of carbonyl (C=O) groups excluding carboxylic acids is 2. The number of rotatable bonds is 5. The van der Waals surface area contributed by atoms with Gasteiger partial charge in [-0.15, -0.1) is 0 Å². The van der Waals surface area contributed by atoms with E-state index in [1.165, 1.54) is 11.0 Å². The van der Waals surface area contributed by atoms with Crippen molar-refractivity contribution >= 4 is 40.9 Å². The van der Waals surface area contributed by atoms with Gasteiger partial charge in [0.05, 0.1) is 16.1 Å². The third kappa shape index (κ3) is 4.49. The molecule has 40 heavy (non-hydrogen) atoms. The van der Waals surface area contributed by atoms with Crippen molar-refractivity contribution in [2.24, 2.45) is 4.99 Å². The molecule has 9 nitrogen and oxygen atoms in total. The minimum Gasteiger partial charge on any atom is -0.402 e. The maximum absolute atomic E-state index is 13.7. The number of nitrogens with one attached hydrogen (secondary N) is 1. The molecule has 6 rings (SSSR count). The van der Waals surface area contributed by atoms with Crippen LogP contribution in [0.15, 0.2) is 108 Å². The predicted octanol–water partition coefficient (Wildman–Crippen LogP) is 6.02. The van der Waals surface area contributed by atoms with Crippen molar-refractivity contribution in [2.75, 3.05) is 10.2 Å². The summed E-state index contributed by atoms with van der Waals surface area (Å²) in [4.78, 5) is 43.4. The number of anilines is 2. The zero-order valence-corrected chi connectivity index (χ0v) is 21.3. The predicted molar refractivity (Wildman–Crippen MR) is 151 cm³/mol. The molecule has 1 N–H and O–H groups in total. The Balaban J connectivity index is 1.36. The summed E-state index contributed by atoms with van der Waals surface area (Å²) in [5.41, 5.74) is 4.44. The molecule has 2 aliphatic heterocycles. The molecule has 1 unspecified atom stereocenters. The molecule has 0 spiro atoms. The Morgan fingerprint density at radius 2 is 1.62 bits per heavy atom. The van der Waals surface area contributed by atoms with Crippen molar-refractivity contribution in [1.29, 1.82) is 0 Å². The minimum absolute atomic E-state index is 0.103. The topological polar surface area (TPSA) is 114 Å². The number of ether oxygens (including phenoxy) is 1. The number of nitro benzene ring substituents is 1. The lowest BCUT2D eigenvalue weighted by atomic mass is 10.0. The SMILES string of the molecule is Cc1ccc(C=C2N=C(c3ccc(N4C(=O)c5ccccc5NC4c4ccccc4[N+](=O)[O-])cc3)OC2=O)cc1. The number of aliphatic imine (C=N–C) groups is 1. The molecular weight excluding hydrogens is 508 g/mol. The molecule has 2 aliphatic rings. The van der Waals surface area contributed by atoms with E-state index < -0.39 is 17.1 Å². The Kier molecular flexibility index (Phi) is 6.16. The smallest absolute Gasteiger partial charge is 0.363 e. The van der Waals surface area contributed by atoms with Crippen LogP contribution in [0.2, 0.25) is 0 Å². The molecule has 0 aliphatic carbocycles. The Morgan fingerprint density at radius 1 is 0.925 bits per heavy atom. The van der Waals surface area contributed by atoms with E-state index in [2.05, 4.69) is 10.3 Å². The second-order valence-electron chi connectivity index (χ2n) is 9.38. The lowest BCUT2D eigenvalue weighted by Crippen LogP contribution is -2.43. The van der Waals surface area contributed by atoms with Gasteiger partial charge >= 0.3 is 5.97 Å². The average molecular weight is 531 g/mol. The maximum atomic E-state index is 13.7. The Morgan fingerprint density at radius 3 is 2.38 bits per heavy atom. The van der Waals surface area contributed by atoms with E-state index >= 15 is 0 Å². The van der Waals surface area contributed by atoms with Crippen LogP contribution >= 0.6 is 0 Å². The largest absolute Gasteiger partial charge is 0.402 e. The average Bonchev–Trinajstić information content (AvgIpc) is 3.34. The van der Waals surface area contributed by atoms with E-state index in [0.717, 1.165) is 11.1 Å². The monoisotopic (exact) mass is 530 g/mol. The Hall–Kier alpha value is -5.57. The van der Waals surface area contributed by atoms with Gasteiger partial charge in [-0.3, -0.25) is 19.8 Å². The molecule has 4 aromatic carbocycles. The highest BCUT2D eigenvalue weighted by atomic mass is 16.6. The molecule has 1 atom stereocenters. The molecule has 0 fully saturated rings. The zero-order chi connectivity index (χ0) is 27.8. The number of fused-ring (bicyclic) bond motifs is 1. The van der Waals surface area contributed by atoms with Gasteiger partial charge in [-0.05, 0) is 61.0 Å². The number of aryl methyl sites for hydroxylation is 1. The van der Waals surface area contributed by atoms with Crippen LogP contribution in [0.1, 0.15) is 38.8 Å². The van der Waals surface area contributed by atoms with Crippen molar-refractivity contribution in [3.8, 4) is 0 Å². The fraction of sp³-hybridized carbons (Fsp3) is 0.0645. The van der Waals surface area contributed by atoms with Crippen molar-refractivity contribution in [2.45, 2.75) is 13.1 Å². The molecule has 196 valence electrons. The molecule has 9 heteroatoms. The molecule has 4 aromatic rings. The first-order chi connectivity index (χ1) is 19.4. The van der Waals surface area contributed by atoms with Crippen molar-refractivity contribution in [3.05, 3.63) is 141 Å². The van der Waals surface area contributed by atoms with Crippen LogP contribution in [-0.2, 0) is 9.53 Å². The highest BCUT2D eigenvalue weighted by Crippen LogP contribution is 2.39. The third-order valence-electron chi connectivity index (χ3n) is 6.75. The first kappa shape index (κ1) is 24.7. The fourth-order valence-electron chi connectivity index (χ4n) is 4.74. The summed E-state index contributed by atoms with van der Waals surface area (Å²) in [5.74, 6) is -0.708. The summed E-state index contributed by atoms with van der Waals surface area (Å²) in [7, 11) is 0. The Labute approximate surface area is 229 Å². The summed E-state index contributed by atoms with van der Waals surface area (Å²) in [6.45, 7) is 1.98. The summed E-state index contributed by atoms with van der Waals surface area (Å²) < 4.78 is 5.42. The van der Waals surface area contributed by atoms with Crippen LogP contribution < -0.4 is 10.2 Å². The molecule has 0 radical (unpaired) electrons. The fourth-order valence-corrected chi connectivity index (χ4v) is 4.74. The molecule has 0 aromatic heterocycles. The quantitative estimate of drug-likeness (QED) is 0.146. The number of amides is 1. The summed E-state index contributed by atoms with van der Waals surface area (Å²) in [5, 5.41) is 15.1. The van der Waals surface area contributed by atoms with E-state index in [-0.39, 0.29) is 23.2 Å². The second kappa shape index (κ2) is 9.95. The van der Waals surface area contributed by atoms with Crippen LogP contribution in [0, 0.1) is 17.0 Å². The van der Waals surface area contributed by atoms with E-state index in [4.69, 9.17) is 4.74 Å². The van der Waals surface area contributed by atoms with Gasteiger partial charge in [-0.1, -0.05) is 54.1 Å². The van der Waals surface area contributed by atoms with Crippen LogP contribution in [0.3, 0.4) is 0 Å². The second-order valence-corrected chi connectivity index (χ2v) is 9.38. The van der Waals surface area contributed by atoms with Gasteiger partial charge in [0.2, 0.25) is 5.90 Å². The van der Waals surface area contributed by atoms with Crippen molar-refractivity contribution in [1.82, 2.24) is 0 Å². The lowest BCUT2D eigenvalue weighted by molar-refractivity contribution is -0.385. The maximum Gasteiger partial charge on any atom is 0.363 e. The number of para-hydroxylation sites is 2. The van der Waals surface area contributed by atoms with Crippen LogP contribution in [0.25, 0.3) is 6.08 Å². The van der Waals surface area contributed by atoms with Gasteiger partial charge in [0.15, 0.2) is 5.70 Å². The molecule has 0 saturated heterocycles. The number of hydrogen-bond acceptors (Lipinski definition) is 7. The lowest BCUT2D eigenvalue weighted by Gasteiger charge is -2.37. The molecule has 0 bridgehead atoms. The number of benzene rings is 4. The minimum atomic E-state index is -0.833. The summed E-state index contributed by atoms with van der Waals surface area (Å²) in [6.07, 6.45) is 0.830. The molecule has 0 saturated carbocycles. The van der Waals surface area contributed by atoms with Gasteiger partial charge in [0.1, 0.15) is 6.17 Å². The zero-order valence-electron chi connectivity index (χ0n) is 21.3. The van der Waals surface area contributed by atoms with Crippen molar-refractivity contribution in [3.63, 3.8) is 0 Å². The highest BCUT2D eigenvalue weighted by molar-refractivity contribution is 6.14. The van der Waals surface area contributed by atoms with Gasteiger partial charge < -0.3 is 10.1 Å². The number of nitro groups is 1. The number of hydrogen-bond donors (Lipinski definition) is 1. The van der Waals surface area contributed by atoms with Gasteiger partial charge in [0.25, 0.3) is 11.6 Å². The molecule has 1 amide bonds. The molecular formula is C31H22N4O5. The van der Waals surface area contributed by atoms with Crippen LogP contribution in [0.4, 0.5) is 17.1 Å². The van der Waals surface area contributed by atoms with Gasteiger partial charge in [-0.2, -0.15) is 0 Å². The van der Waals surface area contributed by atoms with Crippen LogP contribution in [0.5, 0.6) is 0 Å². The van der Waals surface area contributed by atoms with E-state index in [9.17, 15) is 19.7 Å². The molecule has 2 heterocycles. The Bertz CT molecular complexity index is 1730. The summed E-state index contributed by atoms with van der Waals surface area (Å²) >= 11 is 0. The van der Waals surface area contributed by atoms with Gasteiger partial charge in [0, 0.05) is 23.0 Å². The van der Waals surface area contributed by atoms with Crippen molar-refractivity contribution < 1.29 is 19.2 Å². The standard InChI is InChI=1S/C31H22N4O5/c1-19-10-12-20(13-11-19)18-26-31(37)40-29(33-26)21-14-16-22(17-15-21)34-28(24-7-3-5-9-27(24)35(38)39)32-25-8-4-2-6-23(25)30(34)36/h2-18,28,32H,1H3. The number of esters is 1. The number of carbonyl (C=O) groups is 2. The normalized spacial score (nSPS) is 17.2. The van der Waals surface area contributed by atoms with Gasteiger partial charge in [-0.25, -0.2) is 9.79 Å². The first-order valence-electron chi connectivity index (χ1n) is 12.5. The van der Waals surface area contributed by atoms with E-state index in [1.807, 2.05) is 31.2 Å². The number of nitrogens with zero attached hydrogens (tertiary/aromatic N) is 3. The third-order valence-corrected chi connectivity index (χ3v) is 6.75. The highest BCUT2D eigenvalue weighted by Gasteiger charge is 2.37. The van der Waals surface area contributed by atoms with E-state index in [1.54, 1.807) is 72.8 Å². The van der Waals surface area contributed by atoms with Crippen LogP contribution in [-0.4, -0.2) is 22.7 Å². The summed E-state index contributed by atoms with van der Waals surface area (Å²) in [6, 6.07) is 27.8.